The average Bonchev–Trinajstić information content (AvgIpc) is 3.39. The van der Waals surface area contributed by atoms with Gasteiger partial charge in [0.25, 0.3) is 0 Å². The number of aromatic nitrogens is 2. The number of hydrogen-bond donors (Lipinski definition) is 1. The number of carbonyl (C=O) groups is 1. The van der Waals surface area contributed by atoms with Gasteiger partial charge in [-0.2, -0.15) is 15.2 Å². The molecule has 0 spiro atoms. The van der Waals surface area contributed by atoms with Crippen LogP contribution in [-0.4, -0.2) is 100 Å². The number of benzene rings is 1. The van der Waals surface area contributed by atoms with Crippen molar-refractivity contribution >= 4 is 11.9 Å². The van der Waals surface area contributed by atoms with E-state index in [0.29, 0.717) is 44.3 Å². The topological polar surface area (TPSA) is 109 Å². The molecule has 2 aromatic rings. The fourth-order valence-electron chi connectivity index (χ4n) is 6.96. The normalized spacial score (nSPS) is 25.2. The number of carboxylic acid groups (broad SMARTS) is 1. The Morgan fingerprint density at radius 3 is 2.73 bits per heavy atom. The highest BCUT2D eigenvalue weighted by atomic mass is 16.5. The molecule has 212 valence electrons. The molecule has 2 fully saturated rings. The lowest BCUT2D eigenvalue weighted by Crippen LogP contribution is -2.55. The fraction of sp³-hybridized carbons (Fsp3) is 0.600. The molecule has 10 heteroatoms. The molecule has 10 nitrogen and oxygen atoms in total. The summed E-state index contributed by atoms with van der Waals surface area (Å²) in [5.74, 6) is 0.857. The van der Waals surface area contributed by atoms with Gasteiger partial charge in [0.1, 0.15) is 12.4 Å². The molecular formula is C30H39N7O3. The Labute approximate surface area is 236 Å². The monoisotopic (exact) mass is 545 g/mol. The summed E-state index contributed by atoms with van der Waals surface area (Å²) in [6.45, 7) is 5.00. The Hall–Kier alpha value is -3.42. The van der Waals surface area contributed by atoms with Gasteiger partial charge in [-0.15, -0.1) is 0 Å². The molecule has 1 aromatic heterocycles. The highest BCUT2D eigenvalue weighted by molar-refractivity contribution is 5.66. The lowest BCUT2D eigenvalue weighted by molar-refractivity contribution is 0.118. The van der Waals surface area contributed by atoms with Crippen LogP contribution < -0.4 is 9.64 Å². The number of nitriles is 1. The average molecular weight is 546 g/mol. The van der Waals surface area contributed by atoms with Crippen molar-refractivity contribution in [1.29, 1.82) is 5.26 Å². The fourth-order valence-corrected chi connectivity index (χ4v) is 6.96. The van der Waals surface area contributed by atoms with E-state index in [1.54, 1.807) is 0 Å². The Bertz CT molecular complexity index is 1280. The number of rotatable bonds is 6. The zero-order valence-electron chi connectivity index (χ0n) is 23.3. The smallest absolute Gasteiger partial charge is 0.407 e. The lowest BCUT2D eigenvalue weighted by Gasteiger charge is -2.42. The molecule has 6 rings (SSSR count). The van der Waals surface area contributed by atoms with Gasteiger partial charge in [-0.25, -0.2) is 4.79 Å². The number of amides is 1. The van der Waals surface area contributed by atoms with Crippen LogP contribution in [0.15, 0.2) is 24.3 Å². The number of nitrogens with zero attached hydrogens (tertiary/aromatic N) is 7. The number of piperazine rings is 1. The van der Waals surface area contributed by atoms with Gasteiger partial charge < -0.3 is 24.5 Å². The van der Waals surface area contributed by atoms with Crippen LogP contribution in [0.5, 0.6) is 6.01 Å². The van der Waals surface area contributed by atoms with Crippen molar-refractivity contribution < 1.29 is 14.6 Å². The van der Waals surface area contributed by atoms with Gasteiger partial charge in [0.2, 0.25) is 0 Å². The first-order valence-electron chi connectivity index (χ1n) is 14.6. The van der Waals surface area contributed by atoms with Crippen LogP contribution in [0.4, 0.5) is 10.6 Å². The SMILES string of the molecule is CN1CCCC1COc1nc2c(c(N3CCN(C(=O)O)[C@@H](CC#N)C3)n1)CCC(N1CCc3ccccc3C1)C2. The maximum Gasteiger partial charge on any atom is 0.407 e. The van der Waals surface area contributed by atoms with Crippen molar-refractivity contribution in [3.05, 3.63) is 46.6 Å². The maximum absolute atomic E-state index is 11.8. The third kappa shape index (κ3) is 5.45. The molecular weight excluding hydrogens is 506 g/mol. The zero-order valence-corrected chi connectivity index (χ0v) is 23.3. The molecule has 2 unspecified atom stereocenters. The second kappa shape index (κ2) is 11.6. The van der Waals surface area contributed by atoms with E-state index in [-0.39, 0.29) is 12.5 Å². The number of fused-ring (bicyclic) bond motifs is 2. The van der Waals surface area contributed by atoms with Crippen LogP contribution in [0.2, 0.25) is 0 Å². The summed E-state index contributed by atoms with van der Waals surface area (Å²) in [7, 11) is 2.14. The maximum atomic E-state index is 11.8. The predicted octanol–water partition coefficient (Wildman–Crippen LogP) is 2.95. The summed E-state index contributed by atoms with van der Waals surface area (Å²) in [6.07, 6.45) is 5.31. The standard InChI is InChI=1S/C30H39N7O3/c1-34-13-4-7-25(34)20-40-29-32-27-17-23(35-14-11-21-5-2-3-6-22(21)18-35)8-9-26(27)28(33-29)36-15-16-37(30(38)39)24(19-36)10-12-31/h2-3,5-6,23-25H,4,7-11,13-20H2,1H3,(H,38,39)/t23?,24-,25?/m0/s1. The predicted molar refractivity (Wildman–Crippen MR) is 151 cm³/mol. The Kier molecular flexibility index (Phi) is 7.76. The molecule has 1 aliphatic carbocycles. The van der Waals surface area contributed by atoms with Crippen LogP contribution >= 0.6 is 0 Å². The van der Waals surface area contributed by atoms with Gasteiger partial charge in [0, 0.05) is 56.8 Å². The van der Waals surface area contributed by atoms with E-state index in [2.05, 4.69) is 52.1 Å². The molecule has 1 amide bonds. The largest absolute Gasteiger partial charge is 0.465 e. The molecule has 1 N–H and O–H groups in total. The summed E-state index contributed by atoms with van der Waals surface area (Å²) in [5.41, 5.74) is 5.08. The van der Waals surface area contributed by atoms with Crippen LogP contribution in [0.3, 0.4) is 0 Å². The molecule has 1 aromatic carbocycles. The van der Waals surface area contributed by atoms with Gasteiger partial charge >= 0.3 is 12.1 Å². The van der Waals surface area contributed by atoms with Crippen LogP contribution in [0.25, 0.3) is 0 Å². The van der Waals surface area contributed by atoms with E-state index in [1.165, 1.54) is 22.4 Å². The minimum Gasteiger partial charge on any atom is -0.465 e. The highest BCUT2D eigenvalue weighted by Gasteiger charge is 2.35. The van der Waals surface area contributed by atoms with Crippen molar-refractivity contribution in [2.75, 3.05) is 51.3 Å². The Morgan fingerprint density at radius 2 is 1.95 bits per heavy atom. The molecule has 2 saturated heterocycles. The molecule has 0 saturated carbocycles. The highest BCUT2D eigenvalue weighted by Crippen LogP contribution is 2.34. The molecule has 4 aliphatic rings. The Balaban J connectivity index is 1.26. The first-order valence-corrected chi connectivity index (χ1v) is 14.6. The molecule has 40 heavy (non-hydrogen) atoms. The van der Waals surface area contributed by atoms with Crippen molar-refractivity contribution in [2.24, 2.45) is 0 Å². The van der Waals surface area contributed by atoms with E-state index >= 15 is 0 Å². The number of likely N-dealkylation sites (N-methyl/N-ethyl adjacent to an activating group) is 1. The van der Waals surface area contributed by atoms with Crippen molar-refractivity contribution in [3.63, 3.8) is 0 Å². The van der Waals surface area contributed by atoms with Gasteiger partial charge in [0.05, 0.1) is 24.2 Å². The number of hydrogen-bond acceptors (Lipinski definition) is 8. The second-order valence-electron chi connectivity index (χ2n) is 11.7. The molecule has 3 atom stereocenters. The number of likely N-dealkylation sites (tertiary alicyclic amines) is 1. The van der Waals surface area contributed by atoms with E-state index in [9.17, 15) is 15.2 Å². The molecule has 3 aliphatic heterocycles. The van der Waals surface area contributed by atoms with Crippen LogP contribution in [0.1, 0.15) is 48.1 Å². The Morgan fingerprint density at radius 1 is 1.10 bits per heavy atom. The van der Waals surface area contributed by atoms with Gasteiger partial charge in [-0.1, -0.05) is 24.3 Å². The van der Waals surface area contributed by atoms with Gasteiger partial charge in [0.15, 0.2) is 0 Å². The van der Waals surface area contributed by atoms with Gasteiger partial charge in [-0.3, -0.25) is 4.90 Å². The minimum absolute atomic E-state index is 0.159. The third-order valence-electron chi connectivity index (χ3n) is 9.31. The van der Waals surface area contributed by atoms with E-state index in [4.69, 9.17) is 14.7 Å². The second-order valence-corrected chi connectivity index (χ2v) is 11.7. The van der Waals surface area contributed by atoms with Crippen LogP contribution in [-0.2, 0) is 25.8 Å². The van der Waals surface area contributed by atoms with Crippen LogP contribution in [0, 0.1) is 11.3 Å². The molecule has 0 bridgehead atoms. The lowest BCUT2D eigenvalue weighted by atomic mass is 9.88. The van der Waals surface area contributed by atoms with E-state index in [1.807, 2.05) is 0 Å². The first kappa shape index (κ1) is 26.8. The van der Waals surface area contributed by atoms with E-state index in [0.717, 1.165) is 68.8 Å². The summed E-state index contributed by atoms with van der Waals surface area (Å²) in [4.78, 5) is 30.2. The van der Waals surface area contributed by atoms with E-state index < -0.39 is 6.09 Å². The quantitative estimate of drug-likeness (QED) is 0.586. The molecule has 4 heterocycles. The summed E-state index contributed by atoms with van der Waals surface area (Å²) < 4.78 is 6.26. The van der Waals surface area contributed by atoms with Crippen molar-refractivity contribution in [2.45, 2.75) is 69.6 Å². The third-order valence-corrected chi connectivity index (χ3v) is 9.31. The minimum atomic E-state index is -0.972. The molecule has 0 radical (unpaired) electrons. The number of anilines is 1. The zero-order chi connectivity index (χ0) is 27.6. The van der Waals surface area contributed by atoms with Crippen molar-refractivity contribution in [3.8, 4) is 12.1 Å². The number of ether oxygens (including phenoxy) is 1. The summed E-state index contributed by atoms with van der Waals surface area (Å²) in [6, 6.07) is 11.7. The summed E-state index contributed by atoms with van der Waals surface area (Å²) in [5, 5.41) is 19.1. The summed E-state index contributed by atoms with van der Waals surface area (Å²) >= 11 is 0. The first-order chi connectivity index (χ1) is 19.5. The van der Waals surface area contributed by atoms with Crippen molar-refractivity contribution in [1.82, 2.24) is 24.7 Å². The van der Waals surface area contributed by atoms with Gasteiger partial charge in [-0.05, 0) is 56.8 Å².